The highest BCUT2D eigenvalue weighted by Gasteiger charge is 2.20. The second-order valence-electron chi connectivity index (χ2n) is 4.52. The van der Waals surface area contributed by atoms with Gasteiger partial charge in [0.1, 0.15) is 17.4 Å². The maximum absolute atomic E-state index is 11.9. The first-order valence-corrected chi connectivity index (χ1v) is 6.63. The Balaban J connectivity index is 1.95. The number of carbonyl (C=O) groups excluding carboxylic acids is 1. The lowest BCUT2D eigenvalue weighted by molar-refractivity contribution is -0.112. The molecule has 1 aromatic rings. The summed E-state index contributed by atoms with van der Waals surface area (Å²) in [5.41, 5.74) is 0.705. The molecular weight excluding hydrogens is 254 g/mol. The predicted molar refractivity (Wildman–Crippen MR) is 76.1 cm³/mol. The molecule has 5 nitrogen and oxygen atoms in total. The summed E-state index contributed by atoms with van der Waals surface area (Å²) < 4.78 is 5.32. The number of ether oxygens (including phenoxy) is 1. The first kappa shape index (κ1) is 13.9. The molecule has 0 heterocycles. The van der Waals surface area contributed by atoms with Crippen molar-refractivity contribution in [2.24, 2.45) is 0 Å². The van der Waals surface area contributed by atoms with Crippen LogP contribution < -0.4 is 15.4 Å². The third-order valence-electron chi connectivity index (χ3n) is 2.83. The zero-order chi connectivity index (χ0) is 14.4. The number of carbonyl (C=O) groups is 1. The number of amides is 1. The predicted octanol–water partition coefficient (Wildman–Crippen LogP) is 2.18. The van der Waals surface area contributed by atoms with Crippen LogP contribution in [0.25, 0.3) is 0 Å². The molecule has 1 fully saturated rings. The molecule has 0 aromatic heterocycles. The molecule has 1 aromatic carbocycles. The molecule has 1 aliphatic carbocycles. The van der Waals surface area contributed by atoms with E-state index in [-0.39, 0.29) is 5.57 Å². The van der Waals surface area contributed by atoms with Crippen LogP contribution in [0.15, 0.2) is 36.0 Å². The van der Waals surface area contributed by atoms with Crippen LogP contribution in [0.2, 0.25) is 0 Å². The summed E-state index contributed by atoms with van der Waals surface area (Å²) in [6.45, 7) is 2.51. The molecule has 1 amide bonds. The Bertz CT molecular complexity index is 539. The van der Waals surface area contributed by atoms with E-state index in [0.29, 0.717) is 18.3 Å². The average molecular weight is 271 g/mol. The quantitative estimate of drug-likeness (QED) is 0.614. The number of anilines is 1. The zero-order valence-electron chi connectivity index (χ0n) is 11.3. The molecule has 20 heavy (non-hydrogen) atoms. The Labute approximate surface area is 118 Å². The lowest BCUT2D eigenvalue weighted by Gasteiger charge is -2.06. The molecule has 1 aliphatic rings. The number of hydrogen-bond acceptors (Lipinski definition) is 4. The number of nitrogens with one attached hydrogen (secondary N) is 2. The summed E-state index contributed by atoms with van der Waals surface area (Å²) in [5.74, 6) is 0.335. The summed E-state index contributed by atoms with van der Waals surface area (Å²) in [7, 11) is 0. The van der Waals surface area contributed by atoms with Gasteiger partial charge in [-0.2, -0.15) is 5.26 Å². The van der Waals surface area contributed by atoms with Crippen molar-refractivity contribution in [3.8, 4) is 11.8 Å². The van der Waals surface area contributed by atoms with Crippen molar-refractivity contribution < 1.29 is 9.53 Å². The van der Waals surface area contributed by atoms with Gasteiger partial charge in [-0.3, -0.25) is 4.79 Å². The lowest BCUT2D eigenvalue weighted by atomic mass is 10.2. The van der Waals surface area contributed by atoms with Gasteiger partial charge in [0.2, 0.25) is 0 Å². The number of nitriles is 1. The van der Waals surface area contributed by atoms with Gasteiger partial charge in [0.05, 0.1) is 6.61 Å². The minimum Gasteiger partial charge on any atom is -0.494 e. The molecule has 0 bridgehead atoms. The van der Waals surface area contributed by atoms with Crippen molar-refractivity contribution in [2.75, 3.05) is 11.9 Å². The maximum Gasteiger partial charge on any atom is 0.267 e. The number of nitrogens with zero attached hydrogens (tertiary/aromatic N) is 1. The molecular formula is C15H17N3O2. The molecule has 0 saturated heterocycles. The molecule has 104 valence electrons. The fourth-order valence-electron chi connectivity index (χ4n) is 1.60. The van der Waals surface area contributed by atoms with Crippen LogP contribution in [-0.4, -0.2) is 18.6 Å². The Hall–Kier alpha value is -2.48. The highest BCUT2D eigenvalue weighted by Crippen LogP contribution is 2.19. The fraction of sp³-hybridized carbons (Fsp3) is 0.333. The first-order chi connectivity index (χ1) is 9.72. The molecule has 2 rings (SSSR count). The fourth-order valence-corrected chi connectivity index (χ4v) is 1.60. The van der Waals surface area contributed by atoms with E-state index in [1.807, 2.05) is 13.0 Å². The van der Waals surface area contributed by atoms with Crippen LogP contribution in [0, 0.1) is 11.3 Å². The van der Waals surface area contributed by atoms with E-state index < -0.39 is 5.91 Å². The third-order valence-corrected chi connectivity index (χ3v) is 2.83. The Kier molecular flexibility index (Phi) is 4.61. The molecule has 1 saturated carbocycles. The van der Waals surface area contributed by atoms with Crippen LogP contribution in [0.5, 0.6) is 5.75 Å². The first-order valence-electron chi connectivity index (χ1n) is 6.63. The summed E-state index contributed by atoms with van der Waals surface area (Å²) in [4.78, 5) is 11.9. The highest BCUT2D eigenvalue weighted by atomic mass is 16.5. The second kappa shape index (κ2) is 6.62. The Morgan fingerprint density at radius 1 is 1.45 bits per heavy atom. The van der Waals surface area contributed by atoms with E-state index >= 15 is 0 Å². The van der Waals surface area contributed by atoms with E-state index in [4.69, 9.17) is 10.00 Å². The molecule has 0 aliphatic heterocycles. The number of benzene rings is 1. The Morgan fingerprint density at radius 2 is 2.15 bits per heavy atom. The van der Waals surface area contributed by atoms with Crippen molar-refractivity contribution in [3.63, 3.8) is 0 Å². The van der Waals surface area contributed by atoms with E-state index in [1.165, 1.54) is 6.20 Å². The standard InChI is InChI=1S/C15H17N3O2/c1-2-20-14-7-5-13(6-8-14)18-15(19)11(9-16)10-17-12-3-4-12/h5-8,10,12,17H,2-4H2,1H3,(H,18,19)/b11-10-. The van der Waals surface area contributed by atoms with Crippen molar-refractivity contribution >= 4 is 11.6 Å². The second-order valence-corrected chi connectivity index (χ2v) is 4.52. The molecule has 0 spiro atoms. The largest absolute Gasteiger partial charge is 0.494 e. The summed E-state index contributed by atoms with van der Waals surface area (Å²) in [6, 6.07) is 9.35. The van der Waals surface area contributed by atoms with Gasteiger partial charge in [0, 0.05) is 17.9 Å². The molecule has 5 heteroatoms. The number of rotatable bonds is 6. The van der Waals surface area contributed by atoms with Gasteiger partial charge >= 0.3 is 0 Å². The maximum atomic E-state index is 11.9. The van der Waals surface area contributed by atoms with Gasteiger partial charge < -0.3 is 15.4 Å². The van der Waals surface area contributed by atoms with Gasteiger partial charge in [-0.05, 0) is 44.0 Å². The van der Waals surface area contributed by atoms with E-state index in [1.54, 1.807) is 24.3 Å². The van der Waals surface area contributed by atoms with Crippen molar-refractivity contribution in [3.05, 3.63) is 36.0 Å². The lowest BCUT2D eigenvalue weighted by Crippen LogP contribution is -2.17. The zero-order valence-corrected chi connectivity index (χ0v) is 11.3. The summed E-state index contributed by atoms with van der Waals surface area (Å²) in [5, 5.41) is 14.7. The average Bonchev–Trinajstić information content (AvgIpc) is 3.26. The van der Waals surface area contributed by atoms with E-state index in [2.05, 4.69) is 10.6 Å². The Morgan fingerprint density at radius 3 is 2.70 bits per heavy atom. The summed E-state index contributed by atoms with van der Waals surface area (Å²) in [6.07, 6.45) is 3.67. The minimum atomic E-state index is -0.412. The third kappa shape index (κ3) is 4.02. The van der Waals surface area contributed by atoms with Crippen molar-refractivity contribution in [1.29, 1.82) is 5.26 Å². The van der Waals surface area contributed by atoms with E-state index in [0.717, 1.165) is 18.6 Å². The van der Waals surface area contributed by atoms with Crippen LogP contribution >= 0.6 is 0 Å². The van der Waals surface area contributed by atoms with Crippen molar-refractivity contribution in [2.45, 2.75) is 25.8 Å². The molecule has 0 unspecified atom stereocenters. The van der Waals surface area contributed by atoms with Crippen LogP contribution in [0.3, 0.4) is 0 Å². The van der Waals surface area contributed by atoms with Gasteiger partial charge in [-0.25, -0.2) is 0 Å². The van der Waals surface area contributed by atoms with Gasteiger partial charge in [-0.15, -0.1) is 0 Å². The van der Waals surface area contributed by atoms with Crippen LogP contribution in [0.1, 0.15) is 19.8 Å². The monoisotopic (exact) mass is 271 g/mol. The van der Waals surface area contributed by atoms with Gasteiger partial charge in [0.15, 0.2) is 0 Å². The van der Waals surface area contributed by atoms with Crippen LogP contribution in [-0.2, 0) is 4.79 Å². The van der Waals surface area contributed by atoms with Crippen molar-refractivity contribution in [1.82, 2.24) is 5.32 Å². The van der Waals surface area contributed by atoms with E-state index in [9.17, 15) is 4.79 Å². The smallest absolute Gasteiger partial charge is 0.267 e. The van der Waals surface area contributed by atoms with Gasteiger partial charge in [-0.1, -0.05) is 0 Å². The molecule has 0 radical (unpaired) electrons. The van der Waals surface area contributed by atoms with Crippen LogP contribution in [0.4, 0.5) is 5.69 Å². The normalized spacial score (nSPS) is 14.3. The minimum absolute atomic E-state index is 0.0748. The number of hydrogen-bond donors (Lipinski definition) is 2. The molecule has 0 atom stereocenters. The highest BCUT2D eigenvalue weighted by molar-refractivity contribution is 6.06. The van der Waals surface area contributed by atoms with Gasteiger partial charge in [0.25, 0.3) is 5.91 Å². The molecule has 2 N–H and O–H groups in total. The summed E-state index contributed by atoms with van der Waals surface area (Å²) >= 11 is 0. The SMILES string of the molecule is CCOc1ccc(NC(=O)/C(C#N)=C\NC2CC2)cc1. The topological polar surface area (TPSA) is 74.1 Å².